The molecule has 1 aromatic carbocycles. The number of benzene rings is 1. The molecule has 0 aromatic heterocycles. The van der Waals surface area contributed by atoms with Crippen molar-refractivity contribution in [1.82, 2.24) is 0 Å². The van der Waals surface area contributed by atoms with E-state index in [9.17, 15) is 13.2 Å². The van der Waals surface area contributed by atoms with Gasteiger partial charge in [-0.1, -0.05) is 50.3 Å². The summed E-state index contributed by atoms with van der Waals surface area (Å²) >= 11 is 0. The van der Waals surface area contributed by atoms with Crippen molar-refractivity contribution in [2.75, 3.05) is 6.61 Å². The van der Waals surface area contributed by atoms with E-state index in [2.05, 4.69) is 6.92 Å². The maximum Gasteiger partial charge on any atom is 0.296 e. The van der Waals surface area contributed by atoms with Gasteiger partial charge < -0.3 is 4.79 Å². The van der Waals surface area contributed by atoms with E-state index >= 15 is 0 Å². The first kappa shape index (κ1) is 19.8. The van der Waals surface area contributed by atoms with Gasteiger partial charge in [0, 0.05) is 6.42 Å². The molecule has 0 N–H and O–H groups in total. The van der Waals surface area contributed by atoms with Gasteiger partial charge in [0.25, 0.3) is 10.1 Å². The van der Waals surface area contributed by atoms with Crippen LogP contribution in [-0.2, 0) is 19.1 Å². The van der Waals surface area contributed by atoms with Crippen LogP contribution in [0, 0.1) is 12.8 Å². The molecule has 1 aromatic rings. The molecule has 0 fully saturated rings. The van der Waals surface area contributed by atoms with Gasteiger partial charge in [-0.25, -0.2) is 0 Å². The fourth-order valence-corrected chi connectivity index (χ4v) is 3.45. The van der Waals surface area contributed by atoms with Crippen molar-refractivity contribution < 1.29 is 17.4 Å². The molecule has 0 aliphatic rings. The van der Waals surface area contributed by atoms with E-state index in [1.54, 1.807) is 31.2 Å². The lowest BCUT2D eigenvalue weighted by molar-refractivity contribution is -0.118. The molecule has 5 heteroatoms. The van der Waals surface area contributed by atoms with Crippen molar-refractivity contribution >= 4 is 15.9 Å². The largest absolute Gasteiger partial charge is 0.300 e. The molecule has 0 radical (unpaired) electrons. The Bertz CT molecular complexity index is 576. The summed E-state index contributed by atoms with van der Waals surface area (Å²) in [6, 6.07) is 6.66. The van der Waals surface area contributed by atoms with Gasteiger partial charge in [0.2, 0.25) is 0 Å². The normalized spacial score (nSPS) is 13.0. The summed E-state index contributed by atoms with van der Waals surface area (Å²) in [7, 11) is -3.65. The Hall–Kier alpha value is -1.20. The number of rotatable bonds is 11. The summed E-state index contributed by atoms with van der Waals surface area (Å²) in [6.07, 6.45) is 5.30. The molecular formula is C18H28O4S. The van der Waals surface area contributed by atoms with Gasteiger partial charge in [0.1, 0.15) is 5.78 Å². The lowest BCUT2D eigenvalue weighted by Gasteiger charge is -2.12. The number of unbranched alkanes of at least 4 members (excludes halogenated alkanes) is 2. The molecule has 1 rings (SSSR count). The van der Waals surface area contributed by atoms with E-state index in [-0.39, 0.29) is 17.3 Å². The van der Waals surface area contributed by atoms with Gasteiger partial charge in [-0.15, -0.1) is 0 Å². The van der Waals surface area contributed by atoms with Crippen LogP contribution in [0.4, 0.5) is 0 Å². The van der Waals surface area contributed by atoms with Gasteiger partial charge >= 0.3 is 0 Å². The van der Waals surface area contributed by atoms with Crippen molar-refractivity contribution in [2.24, 2.45) is 5.92 Å². The minimum Gasteiger partial charge on any atom is -0.300 e. The van der Waals surface area contributed by atoms with E-state index in [0.29, 0.717) is 18.8 Å². The monoisotopic (exact) mass is 340 g/mol. The van der Waals surface area contributed by atoms with Crippen LogP contribution in [-0.4, -0.2) is 20.8 Å². The highest BCUT2D eigenvalue weighted by Gasteiger charge is 2.14. The highest BCUT2D eigenvalue weighted by Crippen LogP contribution is 2.18. The molecule has 0 amide bonds. The summed E-state index contributed by atoms with van der Waals surface area (Å²) in [5.41, 5.74) is 1.01. The molecule has 4 nitrogen and oxygen atoms in total. The van der Waals surface area contributed by atoms with Gasteiger partial charge in [-0.05, 0) is 38.3 Å². The van der Waals surface area contributed by atoms with Crippen LogP contribution in [0.25, 0.3) is 0 Å². The number of carbonyl (C=O) groups excluding carboxylic acids is 1. The predicted molar refractivity (Wildman–Crippen MR) is 91.9 cm³/mol. The van der Waals surface area contributed by atoms with Gasteiger partial charge in [0.15, 0.2) is 0 Å². The zero-order valence-corrected chi connectivity index (χ0v) is 15.2. The highest BCUT2D eigenvalue weighted by atomic mass is 32.2. The second-order valence-electron chi connectivity index (χ2n) is 6.12. The van der Waals surface area contributed by atoms with Crippen LogP contribution >= 0.6 is 0 Å². The average molecular weight is 340 g/mol. The Morgan fingerprint density at radius 2 is 1.78 bits per heavy atom. The van der Waals surface area contributed by atoms with Crippen LogP contribution in [0.2, 0.25) is 0 Å². The van der Waals surface area contributed by atoms with Gasteiger partial charge in [-0.3, -0.25) is 4.18 Å². The third-order valence-electron chi connectivity index (χ3n) is 3.96. The third kappa shape index (κ3) is 7.75. The lowest BCUT2D eigenvalue weighted by Crippen LogP contribution is -2.08. The Balaban J connectivity index is 2.26. The quantitative estimate of drug-likeness (QED) is 0.446. The SMILES string of the molecule is CC[C@H](CCCCCOS(=O)(=O)c1ccc(C)cc1)CC(C)=O. The minimum absolute atomic E-state index is 0.204. The van der Waals surface area contributed by atoms with Crippen LogP contribution in [0.15, 0.2) is 29.2 Å². The molecular weight excluding hydrogens is 312 g/mol. The van der Waals surface area contributed by atoms with Crippen LogP contribution in [0.3, 0.4) is 0 Å². The number of hydrogen-bond acceptors (Lipinski definition) is 4. The molecule has 0 unspecified atom stereocenters. The van der Waals surface area contributed by atoms with Crippen LogP contribution in [0.5, 0.6) is 0 Å². The van der Waals surface area contributed by atoms with Crippen LogP contribution in [0.1, 0.15) is 57.9 Å². The smallest absolute Gasteiger partial charge is 0.296 e. The standard InChI is InChI=1S/C18H28O4S/c1-4-17(14-16(3)19)8-6-5-7-13-22-23(20,21)18-11-9-15(2)10-12-18/h9-12,17H,4-8,13-14H2,1-3H3/t17-/m1/s1. The number of aryl methyl sites for hydroxylation is 1. The first-order valence-electron chi connectivity index (χ1n) is 8.30. The summed E-state index contributed by atoms with van der Waals surface area (Å²) < 4.78 is 29.1. The highest BCUT2D eigenvalue weighted by molar-refractivity contribution is 7.86. The third-order valence-corrected chi connectivity index (χ3v) is 5.28. The minimum atomic E-state index is -3.65. The van der Waals surface area contributed by atoms with E-state index in [1.165, 1.54) is 0 Å². The number of carbonyl (C=O) groups is 1. The molecule has 0 saturated carbocycles. The molecule has 0 heterocycles. The molecule has 0 aliphatic heterocycles. The van der Waals surface area contributed by atoms with E-state index in [4.69, 9.17) is 4.18 Å². The molecule has 0 saturated heterocycles. The maximum absolute atomic E-state index is 12.0. The second kappa shape index (κ2) is 9.83. The van der Waals surface area contributed by atoms with E-state index < -0.39 is 10.1 Å². The van der Waals surface area contributed by atoms with E-state index in [0.717, 1.165) is 31.2 Å². The fourth-order valence-electron chi connectivity index (χ4n) is 2.51. The lowest BCUT2D eigenvalue weighted by atomic mass is 9.94. The molecule has 130 valence electrons. The van der Waals surface area contributed by atoms with Crippen molar-refractivity contribution in [1.29, 1.82) is 0 Å². The first-order valence-corrected chi connectivity index (χ1v) is 9.71. The Morgan fingerprint density at radius 3 is 2.35 bits per heavy atom. The zero-order chi connectivity index (χ0) is 17.3. The number of ketones is 1. The number of Topliss-reactive ketones (excluding diaryl/α,β-unsaturated/α-hetero) is 1. The average Bonchev–Trinajstić information content (AvgIpc) is 2.49. The maximum atomic E-state index is 12.0. The summed E-state index contributed by atoms with van der Waals surface area (Å²) in [4.78, 5) is 11.3. The van der Waals surface area contributed by atoms with Crippen molar-refractivity contribution in [2.45, 2.75) is 64.2 Å². The second-order valence-corrected chi connectivity index (χ2v) is 7.73. The predicted octanol–water partition coefficient (Wildman–Crippen LogP) is 4.27. The molecule has 0 spiro atoms. The summed E-state index contributed by atoms with van der Waals surface area (Å²) in [5, 5.41) is 0. The Kier molecular flexibility index (Phi) is 8.48. The topological polar surface area (TPSA) is 60.4 Å². The number of hydrogen-bond donors (Lipinski definition) is 0. The Labute approximate surface area is 140 Å². The van der Waals surface area contributed by atoms with Crippen molar-refractivity contribution in [3.63, 3.8) is 0 Å². The fraction of sp³-hybridized carbons (Fsp3) is 0.611. The van der Waals surface area contributed by atoms with E-state index in [1.807, 2.05) is 6.92 Å². The van der Waals surface area contributed by atoms with Crippen molar-refractivity contribution in [3.05, 3.63) is 29.8 Å². The molecule has 1 atom stereocenters. The molecule has 23 heavy (non-hydrogen) atoms. The van der Waals surface area contributed by atoms with Crippen molar-refractivity contribution in [3.8, 4) is 0 Å². The van der Waals surface area contributed by atoms with Gasteiger partial charge in [0.05, 0.1) is 11.5 Å². The Morgan fingerprint density at radius 1 is 1.13 bits per heavy atom. The molecule has 0 aliphatic carbocycles. The summed E-state index contributed by atoms with van der Waals surface area (Å²) in [5.74, 6) is 0.689. The zero-order valence-electron chi connectivity index (χ0n) is 14.4. The van der Waals surface area contributed by atoms with Crippen LogP contribution < -0.4 is 0 Å². The summed E-state index contributed by atoms with van der Waals surface area (Å²) in [6.45, 7) is 5.85. The first-order chi connectivity index (χ1) is 10.8. The molecule has 0 bridgehead atoms. The van der Waals surface area contributed by atoms with Gasteiger partial charge in [-0.2, -0.15) is 8.42 Å².